The third kappa shape index (κ3) is 5.46. The van der Waals surface area contributed by atoms with Crippen LogP contribution in [0.1, 0.15) is 22.3 Å². The van der Waals surface area contributed by atoms with E-state index in [1.54, 1.807) is 0 Å². The maximum absolute atomic E-state index is 2.42. The summed E-state index contributed by atoms with van der Waals surface area (Å²) < 4.78 is 2.38. The second-order valence-electron chi connectivity index (χ2n) is 15.2. The Bertz CT molecular complexity index is 3010. The summed E-state index contributed by atoms with van der Waals surface area (Å²) in [5.41, 5.74) is 18.8. The van der Waals surface area contributed by atoms with Crippen LogP contribution < -0.4 is 0 Å². The van der Waals surface area contributed by atoms with Crippen LogP contribution in [0.4, 0.5) is 0 Å². The Balaban J connectivity index is 1.14. The van der Waals surface area contributed by atoms with Gasteiger partial charge in [-0.3, -0.25) is 0 Å². The van der Waals surface area contributed by atoms with Gasteiger partial charge in [-0.15, -0.1) is 0 Å². The number of fused-ring (bicyclic) bond motifs is 5. The Hall–Kier alpha value is -6.70. The van der Waals surface area contributed by atoms with Crippen LogP contribution in [0.5, 0.6) is 0 Å². The fraction of sp³-hybridized carbons (Fsp3) is 0.0741. The van der Waals surface area contributed by atoms with Gasteiger partial charge in [0.15, 0.2) is 0 Å². The quantitative estimate of drug-likeness (QED) is 0.157. The molecule has 0 fully saturated rings. The van der Waals surface area contributed by atoms with Gasteiger partial charge in [0, 0.05) is 16.5 Å². The van der Waals surface area contributed by atoms with Crippen LogP contribution in [0.15, 0.2) is 176 Å². The maximum atomic E-state index is 2.42. The zero-order chi connectivity index (χ0) is 37.2. The minimum absolute atomic E-state index is 1.18. The molecule has 0 bridgehead atoms. The maximum Gasteiger partial charge on any atom is 0.0541 e. The van der Waals surface area contributed by atoms with Crippen molar-refractivity contribution in [2.24, 2.45) is 0 Å². The molecule has 1 nitrogen and oxygen atoms in total. The van der Waals surface area contributed by atoms with Crippen molar-refractivity contribution in [2.45, 2.75) is 27.7 Å². The van der Waals surface area contributed by atoms with Gasteiger partial charge in [-0.25, -0.2) is 0 Å². The van der Waals surface area contributed by atoms with Crippen LogP contribution in [-0.2, 0) is 0 Å². The molecule has 1 heteroatoms. The van der Waals surface area contributed by atoms with Crippen LogP contribution in [0.3, 0.4) is 0 Å². The van der Waals surface area contributed by atoms with Crippen molar-refractivity contribution in [2.75, 3.05) is 0 Å². The SMILES string of the molecule is Cc1cc2c(-c3ccc(-c4ccccc4)cc3)c3cc(C)c(C)cc3c(-c3ccc(-c4ccc5c(c4)c4ccccc4n5-c4ccccc4)cc3)c2cc1C. The topological polar surface area (TPSA) is 4.93 Å². The van der Waals surface area contributed by atoms with E-state index in [1.807, 2.05) is 0 Å². The molecule has 1 aromatic heterocycles. The van der Waals surface area contributed by atoms with E-state index in [9.17, 15) is 0 Å². The first-order valence-electron chi connectivity index (χ1n) is 19.3. The van der Waals surface area contributed by atoms with E-state index in [4.69, 9.17) is 0 Å². The lowest BCUT2D eigenvalue weighted by Crippen LogP contribution is -1.95. The molecule has 10 aromatic rings. The van der Waals surface area contributed by atoms with E-state index in [0.717, 1.165) is 0 Å². The van der Waals surface area contributed by atoms with Crippen LogP contribution >= 0.6 is 0 Å². The molecule has 262 valence electrons. The van der Waals surface area contributed by atoms with Gasteiger partial charge >= 0.3 is 0 Å². The second kappa shape index (κ2) is 13.0. The third-order valence-electron chi connectivity index (χ3n) is 11.8. The average molecular weight is 704 g/mol. The Kier molecular flexibility index (Phi) is 7.78. The summed E-state index contributed by atoms with van der Waals surface area (Å²) in [4.78, 5) is 0. The number of aryl methyl sites for hydroxylation is 4. The molecule has 9 aromatic carbocycles. The van der Waals surface area contributed by atoms with Gasteiger partial charge in [-0.1, -0.05) is 146 Å². The molecule has 0 saturated carbocycles. The molecule has 0 amide bonds. The van der Waals surface area contributed by atoms with Gasteiger partial charge in [-0.2, -0.15) is 0 Å². The van der Waals surface area contributed by atoms with Crippen molar-refractivity contribution in [3.05, 3.63) is 198 Å². The fourth-order valence-electron chi connectivity index (χ4n) is 8.67. The highest BCUT2D eigenvalue weighted by Gasteiger charge is 2.20. The molecule has 55 heavy (non-hydrogen) atoms. The summed E-state index contributed by atoms with van der Waals surface area (Å²) in [6.07, 6.45) is 0. The highest BCUT2D eigenvalue weighted by Crippen LogP contribution is 2.46. The van der Waals surface area contributed by atoms with Crippen molar-refractivity contribution in [1.82, 2.24) is 4.57 Å². The van der Waals surface area contributed by atoms with Gasteiger partial charge < -0.3 is 4.57 Å². The van der Waals surface area contributed by atoms with Crippen molar-refractivity contribution in [3.8, 4) is 50.2 Å². The van der Waals surface area contributed by atoms with E-state index in [0.29, 0.717) is 0 Å². The summed E-state index contributed by atoms with van der Waals surface area (Å²) in [6.45, 7) is 8.96. The second-order valence-corrected chi connectivity index (χ2v) is 15.2. The normalized spacial score (nSPS) is 11.6. The van der Waals surface area contributed by atoms with Crippen LogP contribution in [0.25, 0.3) is 93.5 Å². The summed E-state index contributed by atoms with van der Waals surface area (Å²) >= 11 is 0. The van der Waals surface area contributed by atoms with Crippen molar-refractivity contribution >= 4 is 43.4 Å². The summed E-state index contributed by atoms with van der Waals surface area (Å²) in [5, 5.41) is 7.72. The minimum atomic E-state index is 1.18. The summed E-state index contributed by atoms with van der Waals surface area (Å²) in [5.74, 6) is 0. The molecule has 0 spiro atoms. The lowest BCUT2D eigenvalue weighted by atomic mass is 9.83. The molecule has 0 aliphatic carbocycles. The predicted octanol–water partition coefficient (Wildman–Crippen LogP) is 15.0. The van der Waals surface area contributed by atoms with Gasteiger partial charge in [-0.05, 0) is 146 Å². The molecular weight excluding hydrogens is 663 g/mol. The number of nitrogens with zero attached hydrogens (tertiary/aromatic N) is 1. The molecule has 10 rings (SSSR count). The Morgan fingerprint density at radius 1 is 0.273 bits per heavy atom. The van der Waals surface area contributed by atoms with E-state index in [-0.39, 0.29) is 0 Å². The smallest absolute Gasteiger partial charge is 0.0541 e. The highest BCUT2D eigenvalue weighted by molar-refractivity contribution is 6.22. The molecule has 0 radical (unpaired) electrons. The van der Waals surface area contributed by atoms with Crippen molar-refractivity contribution < 1.29 is 0 Å². The summed E-state index contributed by atoms with van der Waals surface area (Å²) in [6, 6.07) is 65.1. The van der Waals surface area contributed by atoms with Gasteiger partial charge in [0.05, 0.1) is 11.0 Å². The lowest BCUT2D eigenvalue weighted by molar-refractivity contribution is 1.18. The van der Waals surface area contributed by atoms with E-state index in [2.05, 4.69) is 208 Å². The fourth-order valence-corrected chi connectivity index (χ4v) is 8.67. The number of rotatable bonds is 5. The number of hydrogen-bond acceptors (Lipinski definition) is 0. The first kappa shape index (κ1) is 32.9. The van der Waals surface area contributed by atoms with Gasteiger partial charge in [0.2, 0.25) is 0 Å². The largest absolute Gasteiger partial charge is 0.309 e. The Morgan fingerprint density at radius 2 is 0.655 bits per heavy atom. The Labute approximate surface area is 322 Å². The molecule has 1 heterocycles. The standard InChI is InChI=1S/C54H41N/c1-34-29-47-49(31-36(34)3)54(50-32-37(4)35(2)30-48(50)53(47)41-23-19-39(20-24-41)38-13-7-5-8-14-38)42-25-21-40(22-26-42)43-27-28-52-46(33-43)45-17-11-12-18-51(45)55(52)44-15-9-6-10-16-44/h5-33H,1-4H3. The molecule has 0 atom stereocenters. The van der Waals surface area contributed by atoms with E-state index < -0.39 is 0 Å². The average Bonchev–Trinajstić information content (AvgIpc) is 3.56. The van der Waals surface area contributed by atoms with Crippen molar-refractivity contribution in [3.63, 3.8) is 0 Å². The van der Waals surface area contributed by atoms with E-state index >= 15 is 0 Å². The van der Waals surface area contributed by atoms with Crippen molar-refractivity contribution in [1.29, 1.82) is 0 Å². The minimum Gasteiger partial charge on any atom is -0.309 e. The van der Waals surface area contributed by atoms with Crippen LogP contribution in [0.2, 0.25) is 0 Å². The first-order valence-corrected chi connectivity index (χ1v) is 19.3. The molecule has 0 saturated heterocycles. The van der Waals surface area contributed by atoms with Gasteiger partial charge in [0.25, 0.3) is 0 Å². The highest BCUT2D eigenvalue weighted by atomic mass is 15.0. The number of benzene rings is 9. The van der Waals surface area contributed by atoms with Crippen LogP contribution in [0, 0.1) is 27.7 Å². The molecule has 0 unspecified atom stereocenters. The zero-order valence-corrected chi connectivity index (χ0v) is 31.7. The summed E-state index contributed by atoms with van der Waals surface area (Å²) in [7, 11) is 0. The molecular formula is C54H41N. The monoisotopic (exact) mass is 703 g/mol. The molecule has 0 aliphatic heterocycles. The zero-order valence-electron chi connectivity index (χ0n) is 31.7. The predicted molar refractivity (Wildman–Crippen MR) is 236 cm³/mol. The molecule has 0 N–H and O–H groups in total. The van der Waals surface area contributed by atoms with E-state index in [1.165, 1.54) is 116 Å². The van der Waals surface area contributed by atoms with Crippen LogP contribution in [-0.4, -0.2) is 4.57 Å². The number of aromatic nitrogens is 1. The Morgan fingerprint density at radius 3 is 1.18 bits per heavy atom. The number of hydrogen-bond donors (Lipinski definition) is 0. The molecule has 0 aliphatic rings. The lowest BCUT2D eigenvalue weighted by Gasteiger charge is -2.21. The first-order chi connectivity index (χ1) is 26.9. The number of para-hydroxylation sites is 2. The van der Waals surface area contributed by atoms with Gasteiger partial charge in [0.1, 0.15) is 0 Å². The third-order valence-corrected chi connectivity index (χ3v) is 11.8.